The highest BCUT2D eigenvalue weighted by Gasteiger charge is 2.30. The lowest BCUT2D eigenvalue weighted by molar-refractivity contribution is -0.139. The number of carbonyl (C=O) groups is 2. The first kappa shape index (κ1) is 21.4. The van der Waals surface area contributed by atoms with Gasteiger partial charge in [0.15, 0.2) is 23.3 Å². The van der Waals surface area contributed by atoms with Crippen molar-refractivity contribution in [3.63, 3.8) is 0 Å². The Morgan fingerprint density at radius 1 is 1.17 bits per heavy atom. The van der Waals surface area contributed by atoms with Crippen LogP contribution in [0.5, 0.6) is 11.5 Å². The lowest BCUT2D eigenvalue weighted by Gasteiger charge is -2.10. The number of amides is 1. The van der Waals surface area contributed by atoms with Gasteiger partial charge in [0.1, 0.15) is 0 Å². The summed E-state index contributed by atoms with van der Waals surface area (Å²) in [7, 11) is 3.16. The fourth-order valence-electron chi connectivity index (χ4n) is 2.74. The summed E-state index contributed by atoms with van der Waals surface area (Å²) < 4.78 is 10.5. The maximum absolute atomic E-state index is 12.7. The Bertz CT molecular complexity index is 1060. The molecule has 0 saturated carbocycles. The van der Waals surface area contributed by atoms with Gasteiger partial charge < -0.3 is 14.6 Å². The molecule has 2 aromatic rings. The Balaban J connectivity index is 1.85. The lowest BCUT2D eigenvalue weighted by atomic mass is 10.1. The van der Waals surface area contributed by atoms with Gasteiger partial charge in [0.2, 0.25) is 0 Å². The van der Waals surface area contributed by atoms with E-state index in [0.29, 0.717) is 21.6 Å². The van der Waals surface area contributed by atoms with Crippen LogP contribution in [0.15, 0.2) is 46.3 Å². The number of amidine groups is 1. The molecule has 7 nitrogen and oxygen atoms in total. The predicted octanol–water partition coefficient (Wildman–Crippen LogP) is 4.01. The summed E-state index contributed by atoms with van der Waals surface area (Å²) in [5, 5.41) is 9.36. The van der Waals surface area contributed by atoms with E-state index in [-0.39, 0.29) is 5.91 Å². The van der Waals surface area contributed by atoms with Gasteiger partial charge in [-0.2, -0.15) is 0 Å². The molecule has 2 aromatic carbocycles. The molecule has 1 heterocycles. The highest BCUT2D eigenvalue weighted by molar-refractivity contribution is 8.18. The highest BCUT2D eigenvalue weighted by atomic mass is 32.2. The Hall–Kier alpha value is -3.26. The number of thioether (sulfide) groups is 1. The van der Waals surface area contributed by atoms with Crippen LogP contribution < -0.4 is 9.47 Å². The topological polar surface area (TPSA) is 88.4 Å². The number of methoxy groups -OCH3 is 1. The molecule has 1 N–H and O–H groups in total. The molecule has 1 aliphatic rings. The maximum Gasteiger partial charge on any atom is 0.341 e. The summed E-state index contributed by atoms with van der Waals surface area (Å²) in [5.74, 6) is -0.512. The summed E-state index contributed by atoms with van der Waals surface area (Å²) in [6.07, 6.45) is 1.75. The zero-order chi connectivity index (χ0) is 21.8. The predicted molar refractivity (Wildman–Crippen MR) is 117 cm³/mol. The molecule has 1 saturated heterocycles. The largest absolute Gasteiger partial charge is 0.493 e. The minimum absolute atomic E-state index is 0.146. The number of aryl methyl sites for hydroxylation is 2. The molecule has 0 unspecified atom stereocenters. The van der Waals surface area contributed by atoms with Crippen molar-refractivity contribution in [1.29, 1.82) is 0 Å². The summed E-state index contributed by atoms with van der Waals surface area (Å²) in [5.41, 5.74) is 3.85. The van der Waals surface area contributed by atoms with Crippen molar-refractivity contribution in [1.82, 2.24) is 4.90 Å². The van der Waals surface area contributed by atoms with Crippen LogP contribution in [0.1, 0.15) is 16.7 Å². The number of aliphatic carboxylic acids is 1. The summed E-state index contributed by atoms with van der Waals surface area (Å²) >= 11 is 1.30. The van der Waals surface area contributed by atoms with Gasteiger partial charge in [-0.15, -0.1) is 0 Å². The number of carboxylic acid groups (broad SMARTS) is 1. The van der Waals surface area contributed by atoms with Gasteiger partial charge >= 0.3 is 5.97 Å². The van der Waals surface area contributed by atoms with Gasteiger partial charge in [0, 0.05) is 7.05 Å². The number of benzene rings is 2. The zero-order valence-corrected chi connectivity index (χ0v) is 17.9. The van der Waals surface area contributed by atoms with E-state index in [1.54, 1.807) is 31.3 Å². The van der Waals surface area contributed by atoms with Crippen LogP contribution in [0.2, 0.25) is 0 Å². The third kappa shape index (κ3) is 4.83. The Morgan fingerprint density at radius 2 is 1.93 bits per heavy atom. The smallest absolute Gasteiger partial charge is 0.341 e. The van der Waals surface area contributed by atoms with Crippen LogP contribution in [0, 0.1) is 13.8 Å². The van der Waals surface area contributed by atoms with E-state index in [0.717, 1.165) is 16.8 Å². The third-order valence-electron chi connectivity index (χ3n) is 4.56. The van der Waals surface area contributed by atoms with E-state index in [9.17, 15) is 9.59 Å². The molecule has 1 fully saturated rings. The number of rotatable bonds is 6. The van der Waals surface area contributed by atoms with Gasteiger partial charge in [0.05, 0.1) is 17.7 Å². The molecule has 30 heavy (non-hydrogen) atoms. The van der Waals surface area contributed by atoms with Gasteiger partial charge in [-0.3, -0.25) is 9.69 Å². The quantitative estimate of drug-likeness (QED) is 0.702. The van der Waals surface area contributed by atoms with Crippen LogP contribution >= 0.6 is 11.8 Å². The number of carbonyl (C=O) groups excluding carboxylic acids is 1. The SMILES string of the molecule is COc1cc(/C=C2/SC(=Nc3ccc(C)c(C)c3)N(C)C2=O)ccc1OCC(=O)O. The van der Waals surface area contributed by atoms with Crippen LogP contribution in [0.4, 0.5) is 5.69 Å². The monoisotopic (exact) mass is 426 g/mol. The van der Waals surface area contributed by atoms with Gasteiger partial charge in [-0.1, -0.05) is 12.1 Å². The highest BCUT2D eigenvalue weighted by Crippen LogP contribution is 2.35. The van der Waals surface area contributed by atoms with Crippen molar-refractivity contribution in [3.8, 4) is 11.5 Å². The van der Waals surface area contributed by atoms with Gasteiger partial charge in [-0.05, 0) is 72.6 Å². The molecule has 0 bridgehead atoms. The van der Waals surface area contributed by atoms with Crippen LogP contribution in [0.25, 0.3) is 6.08 Å². The van der Waals surface area contributed by atoms with E-state index in [4.69, 9.17) is 14.6 Å². The zero-order valence-electron chi connectivity index (χ0n) is 17.1. The lowest BCUT2D eigenvalue weighted by Crippen LogP contribution is -2.23. The normalized spacial score (nSPS) is 16.4. The average Bonchev–Trinajstić information content (AvgIpc) is 2.97. The second-order valence-corrected chi connectivity index (χ2v) is 7.74. The molecule has 0 spiro atoms. The Labute approximate surface area is 179 Å². The molecule has 8 heteroatoms. The average molecular weight is 426 g/mol. The van der Waals surface area contributed by atoms with Gasteiger partial charge in [-0.25, -0.2) is 9.79 Å². The minimum atomic E-state index is -1.07. The maximum atomic E-state index is 12.7. The second-order valence-electron chi connectivity index (χ2n) is 6.73. The molecule has 0 aromatic heterocycles. The first-order valence-electron chi connectivity index (χ1n) is 9.14. The molecule has 0 atom stereocenters. The Kier molecular flexibility index (Phi) is 6.47. The van der Waals surface area contributed by atoms with E-state index in [1.165, 1.54) is 29.3 Å². The van der Waals surface area contributed by atoms with Crippen LogP contribution in [-0.2, 0) is 9.59 Å². The van der Waals surface area contributed by atoms with E-state index in [1.807, 2.05) is 32.0 Å². The molecule has 3 rings (SSSR count). The fourth-order valence-corrected chi connectivity index (χ4v) is 3.73. The summed E-state index contributed by atoms with van der Waals surface area (Å²) in [4.78, 5) is 30.0. The first-order chi connectivity index (χ1) is 14.3. The molecule has 0 aliphatic carbocycles. The van der Waals surface area contributed by atoms with E-state index in [2.05, 4.69) is 4.99 Å². The molecular weight excluding hydrogens is 404 g/mol. The number of hydrogen-bond acceptors (Lipinski definition) is 6. The van der Waals surface area contributed by atoms with E-state index >= 15 is 0 Å². The number of carboxylic acids is 1. The van der Waals surface area contributed by atoms with Crippen molar-refractivity contribution in [3.05, 3.63) is 58.0 Å². The molecule has 156 valence electrons. The molecule has 1 amide bonds. The second kappa shape index (κ2) is 9.04. The fraction of sp³-hybridized carbons (Fsp3) is 0.227. The summed E-state index contributed by atoms with van der Waals surface area (Å²) in [6.45, 7) is 3.60. The molecule has 0 radical (unpaired) electrons. The Morgan fingerprint density at radius 3 is 2.60 bits per heavy atom. The third-order valence-corrected chi connectivity index (χ3v) is 5.62. The summed E-state index contributed by atoms with van der Waals surface area (Å²) in [6, 6.07) is 11.0. The van der Waals surface area contributed by atoms with E-state index < -0.39 is 12.6 Å². The molecule has 1 aliphatic heterocycles. The number of nitrogens with zero attached hydrogens (tertiary/aromatic N) is 2. The van der Waals surface area contributed by atoms with Gasteiger partial charge in [0.25, 0.3) is 5.91 Å². The van der Waals surface area contributed by atoms with Crippen LogP contribution in [0.3, 0.4) is 0 Å². The number of ether oxygens (including phenoxy) is 2. The first-order valence-corrected chi connectivity index (χ1v) is 9.96. The van der Waals surface area contributed by atoms with Crippen LogP contribution in [-0.4, -0.2) is 47.8 Å². The van der Waals surface area contributed by atoms with Crippen molar-refractivity contribution >= 4 is 40.6 Å². The minimum Gasteiger partial charge on any atom is -0.493 e. The van der Waals surface area contributed by atoms with Crippen molar-refractivity contribution in [2.45, 2.75) is 13.8 Å². The molecular formula is C22H22N2O5S. The van der Waals surface area contributed by atoms with Crippen molar-refractivity contribution in [2.75, 3.05) is 20.8 Å². The standard InChI is InChI=1S/C22H22N2O5S/c1-13-5-7-16(9-14(13)2)23-22-24(3)21(27)19(30-22)11-15-6-8-17(18(10-15)28-4)29-12-20(25)26/h5-11H,12H2,1-4H3,(H,25,26)/b19-11+,23-22?. The van der Waals surface area contributed by atoms with Crippen molar-refractivity contribution in [2.24, 2.45) is 4.99 Å². The number of aliphatic imine (C=N–C) groups is 1. The number of hydrogen-bond donors (Lipinski definition) is 1. The van der Waals surface area contributed by atoms with Crippen molar-refractivity contribution < 1.29 is 24.2 Å². The number of likely N-dealkylation sites (N-methyl/N-ethyl adjacent to an activating group) is 1.